The maximum absolute atomic E-state index is 14.6. The van der Waals surface area contributed by atoms with Gasteiger partial charge >= 0.3 is 0 Å². The Morgan fingerprint density at radius 3 is 2.32 bits per heavy atom. The van der Waals surface area contributed by atoms with Gasteiger partial charge in [-0.3, -0.25) is 0 Å². The van der Waals surface area contributed by atoms with Gasteiger partial charge in [-0.1, -0.05) is 49.3 Å². The Bertz CT molecular complexity index is 978. The molecule has 0 bridgehead atoms. The summed E-state index contributed by atoms with van der Waals surface area (Å²) in [6.45, 7) is 2.19. The number of benzene rings is 2. The third-order valence-electron chi connectivity index (χ3n) is 5.89. The third kappa shape index (κ3) is 5.38. The summed E-state index contributed by atoms with van der Waals surface area (Å²) in [5.41, 5.74) is 0.966. The second-order valence-electron chi connectivity index (χ2n) is 8.01. The molecule has 166 valence electrons. The van der Waals surface area contributed by atoms with E-state index >= 15 is 0 Å². The van der Waals surface area contributed by atoms with Crippen molar-refractivity contribution >= 4 is 6.08 Å². The number of hydrogen-bond acceptors (Lipinski definition) is 1. The van der Waals surface area contributed by atoms with Crippen molar-refractivity contribution in [1.29, 1.82) is 0 Å². The van der Waals surface area contributed by atoms with Crippen LogP contribution in [0.15, 0.2) is 42.0 Å². The predicted molar refractivity (Wildman–Crippen MR) is 117 cm³/mol. The maximum Gasteiger partial charge on any atom is 0.201 e. The zero-order valence-corrected chi connectivity index (χ0v) is 18.0. The Kier molecular flexibility index (Phi) is 7.94. The Hall–Kier alpha value is -2.56. The molecule has 0 spiro atoms. The van der Waals surface area contributed by atoms with E-state index in [9.17, 15) is 17.6 Å². The number of rotatable bonds is 8. The fourth-order valence-electron chi connectivity index (χ4n) is 4.09. The average Bonchev–Trinajstić information content (AvgIpc) is 2.78. The average molecular weight is 433 g/mol. The highest BCUT2D eigenvalue weighted by molar-refractivity contribution is 5.68. The Balaban J connectivity index is 1.67. The number of ether oxygens (including phenoxy) is 1. The van der Waals surface area contributed by atoms with Gasteiger partial charge in [-0.05, 0) is 56.6 Å². The van der Waals surface area contributed by atoms with Crippen molar-refractivity contribution in [3.63, 3.8) is 0 Å². The van der Waals surface area contributed by atoms with E-state index in [2.05, 4.69) is 13.0 Å². The summed E-state index contributed by atoms with van der Waals surface area (Å²) < 4.78 is 62.1. The summed E-state index contributed by atoms with van der Waals surface area (Å²) in [5, 5.41) is 0. The molecule has 0 saturated carbocycles. The normalized spacial score (nSPS) is 16.6. The van der Waals surface area contributed by atoms with Crippen LogP contribution in [0.5, 0.6) is 5.75 Å². The van der Waals surface area contributed by atoms with Gasteiger partial charge in [0.2, 0.25) is 5.82 Å². The lowest BCUT2D eigenvalue weighted by Gasteiger charge is -2.21. The summed E-state index contributed by atoms with van der Waals surface area (Å²) in [5.74, 6) is -4.45. The first-order valence-electron chi connectivity index (χ1n) is 10.8. The van der Waals surface area contributed by atoms with E-state index in [1.54, 1.807) is 11.6 Å². The molecular formula is C26H28F4O. The molecule has 1 atom stereocenters. The van der Waals surface area contributed by atoms with Crippen molar-refractivity contribution in [3.05, 3.63) is 70.8 Å². The van der Waals surface area contributed by atoms with Crippen LogP contribution < -0.4 is 4.74 Å². The van der Waals surface area contributed by atoms with Crippen LogP contribution in [0.25, 0.3) is 17.2 Å². The first kappa shape index (κ1) is 23.1. The molecule has 0 amide bonds. The predicted octanol–water partition coefficient (Wildman–Crippen LogP) is 8.24. The quantitative estimate of drug-likeness (QED) is 0.301. The monoisotopic (exact) mass is 432 g/mol. The molecule has 0 saturated heterocycles. The van der Waals surface area contributed by atoms with Gasteiger partial charge in [0, 0.05) is 16.7 Å². The highest BCUT2D eigenvalue weighted by Gasteiger charge is 2.20. The molecule has 1 nitrogen and oxygen atoms in total. The van der Waals surface area contributed by atoms with Gasteiger partial charge in [-0.15, -0.1) is 0 Å². The largest absolute Gasteiger partial charge is 0.494 e. The topological polar surface area (TPSA) is 9.23 Å². The van der Waals surface area contributed by atoms with Gasteiger partial charge in [0.15, 0.2) is 23.2 Å². The molecular weight excluding hydrogens is 404 g/mol. The zero-order valence-electron chi connectivity index (χ0n) is 18.0. The van der Waals surface area contributed by atoms with Crippen molar-refractivity contribution in [2.75, 3.05) is 7.11 Å². The second kappa shape index (κ2) is 10.7. The van der Waals surface area contributed by atoms with Crippen LogP contribution in [0.1, 0.15) is 57.4 Å². The molecule has 0 aromatic heterocycles. The van der Waals surface area contributed by atoms with Gasteiger partial charge in [-0.25, -0.2) is 13.2 Å². The zero-order chi connectivity index (χ0) is 22.4. The van der Waals surface area contributed by atoms with Crippen LogP contribution in [-0.4, -0.2) is 7.11 Å². The lowest BCUT2D eigenvalue weighted by atomic mass is 9.85. The molecule has 31 heavy (non-hydrogen) atoms. The number of methoxy groups -OCH3 is 1. The van der Waals surface area contributed by atoms with E-state index in [4.69, 9.17) is 4.74 Å². The molecule has 5 heteroatoms. The number of hydrogen-bond donors (Lipinski definition) is 0. The van der Waals surface area contributed by atoms with Gasteiger partial charge in [0.25, 0.3) is 0 Å². The SMILES string of the molecule is CCCC1=CCC(CC/C=C/c2ccc(-c3ccc(OC)c(F)c3F)c(F)c2F)CC1. The maximum atomic E-state index is 14.6. The van der Waals surface area contributed by atoms with Gasteiger partial charge in [0.05, 0.1) is 7.11 Å². The van der Waals surface area contributed by atoms with Gasteiger partial charge in [-0.2, -0.15) is 4.39 Å². The Morgan fingerprint density at radius 2 is 1.68 bits per heavy atom. The molecule has 1 unspecified atom stereocenters. The minimum atomic E-state index is -1.27. The molecule has 0 heterocycles. The first-order valence-corrected chi connectivity index (χ1v) is 10.8. The standard InChI is InChI=1S/C26H28F4O/c1-3-6-17-9-11-18(12-10-17)7-4-5-8-19-13-14-20(24(28)23(19)27)21-15-16-22(31-2)26(30)25(21)29/h5,8-9,13-16,18H,3-4,6-7,10-12H2,1-2H3/b8-5+. The molecule has 0 radical (unpaired) electrons. The fraction of sp³-hybridized carbons (Fsp3) is 0.385. The summed E-state index contributed by atoms with van der Waals surface area (Å²) >= 11 is 0. The van der Waals surface area contributed by atoms with Crippen LogP contribution in [0, 0.1) is 29.2 Å². The summed E-state index contributed by atoms with van der Waals surface area (Å²) in [7, 11) is 1.20. The van der Waals surface area contributed by atoms with Gasteiger partial charge in [0.1, 0.15) is 0 Å². The smallest absolute Gasteiger partial charge is 0.201 e. The van der Waals surface area contributed by atoms with Crippen molar-refractivity contribution < 1.29 is 22.3 Å². The Labute approximate surface area is 181 Å². The van der Waals surface area contributed by atoms with Crippen LogP contribution in [0.2, 0.25) is 0 Å². The van der Waals surface area contributed by atoms with Crippen LogP contribution in [-0.2, 0) is 0 Å². The molecule has 0 fully saturated rings. The van der Waals surface area contributed by atoms with E-state index in [1.165, 1.54) is 50.6 Å². The molecule has 2 aromatic rings. The summed E-state index contributed by atoms with van der Waals surface area (Å²) in [4.78, 5) is 0. The highest BCUT2D eigenvalue weighted by atomic mass is 19.2. The van der Waals surface area contributed by atoms with E-state index < -0.39 is 23.3 Å². The lowest BCUT2D eigenvalue weighted by molar-refractivity contribution is 0.372. The second-order valence-corrected chi connectivity index (χ2v) is 8.01. The lowest BCUT2D eigenvalue weighted by Crippen LogP contribution is -2.05. The molecule has 2 aromatic carbocycles. The van der Waals surface area contributed by atoms with E-state index in [0.717, 1.165) is 25.7 Å². The van der Waals surface area contributed by atoms with E-state index in [-0.39, 0.29) is 22.4 Å². The van der Waals surface area contributed by atoms with Crippen LogP contribution in [0.3, 0.4) is 0 Å². The number of halogens is 4. The van der Waals surface area contributed by atoms with Gasteiger partial charge < -0.3 is 4.74 Å². The first-order chi connectivity index (χ1) is 15.0. The fourth-order valence-corrected chi connectivity index (χ4v) is 4.09. The van der Waals surface area contributed by atoms with Crippen molar-refractivity contribution in [3.8, 4) is 16.9 Å². The van der Waals surface area contributed by atoms with Crippen molar-refractivity contribution in [1.82, 2.24) is 0 Å². The minimum absolute atomic E-state index is 0.0874. The molecule has 1 aliphatic carbocycles. The van der Waals surface area contributed by atoms with Crippen LogP contribution >= 0.6 is 0 Å². The highest BCUT2D eigenvalue weighted by Crippen LogP contribution is 2.33. The molecule has 0 N–H and O–H groups in total. The minimum Gasteiger partial charge on any atom is -0.494 e. The molecule has 1 aliphatic rings. The van der Waals surface area contributed by atoms with Crippen LogP contribution in [0.4, 0.5) is 17.6 Å². The molecule has 3 rings (SSSR count). The Morgan fingerprint density at radius 1 is 0.968 bits per heavy atom. The van der Waals surface area contributed by atoms with Crippen molar-refractivity contribution in [2.24, 2.45) is 5.92 Å². The summed E-state index contributed by atoms with van der Waals surface area (Å²) in [6, 6.07) is 5.01. The van der Waals surface area contributed by atoms with E-state index in [0.29, 0.717) is 5.92 Å². The number of allylic oxidation sites excluding steroid dienone is 3. The van der Waals surface area contributed by atoms with E-state index in [1.807, 2.05) is 6.08 Å². The van der Waals surface area contributed by atoms with Crippen molar-refractivity contribution in [2.45, 2.75) is 51.9 Å². The summed E-state index contributed by atoms with van der Waals surface area (Å²) in [6.07, 6.45) is 13.3. The molecule has 0 aliphatic heterocycles. The third-order valence-corrected chi connectivity index (χ3v) is 5.89.